The van der Waals surface area contributed by atoms with Gasteiger partial charge < -0.3 is 18.9 Å². The van der Waals surface area contributed by atoms with Crippen molar-refractivity contribution in [1.82, 2.24) is 4.98 Å². The quantitative estimate of drug-likeness (QED) is 0.132. The highest BCUT2D eigenvalue weighted by atomic mass is 19.1. The van der Waals surface area contributed by atoms with Crippen LogP contribution in [0.15, 0.2) is 91.1 Å². The van der Waals surface area contributed by atoms with Crippen molar-refractivity contribution in [3.63, 3.8) is 0 Å². The predicted molar refractivity (Wildman–Crippen MR) is 157 cm³/mol. The first-order valence-corrected chi connectivity index (χ1v) is 13.7. The second-order valence-corrected chi connectivity index (χ2v) is 9.94. The van der Waals surface area contributed by atoms with E-state index in [1.54, 1.807) is 19.9 Å². The van der Waals surface area contributed by atoms with Gasteiger partial charge in [0.25, 0.3) is 0 Å². The maximum atomic E-state index is 14.0. The molecule has 3 aromatic carbocycles. The van der Waals surface area contributed by atoms with E-state index in [0.717, 1.165) is 11.1 Å². The minimum atomic E-state index is -0.876. The molecule has 0 fully saturated rings. The topological polar surface area (TPSA) is 101 Å². The third kappa shape index (κ3) is 8.03. The van der Waals surface area contributed by atoms with Crippen LogP contribution in [-0.4, -0.2) is 35.9 Å². The van der Waals surface area contributed by atoms with Crippen LogP contribution < -0.4 is 14.2 Å². The molecule has 0 N–H and O–H groups in total. The standard InChI is InChI=1S/C34H32FNO7/c1-21(18-29(38)31-33(42-23(3)37)30(40-4)16-17-36-31)34(39)41-22(2)32(43-28-15-9-14-27(35)20-28)26-13-8-12-25(19-26)24-10-6-5-7-11-24/h5-17,19-22,32H,18H2,1-4H3/t21-,22+,32+/m1/s1. The number of rotatable bonds is 12. The summed E-state index contributed by atoms with van der Waals surface area (Å²) in [6, 6.07) is 24.5. The number of hydrogen-bond acceptors (Lipinski definition) is 8. The number of carbonyl (C=O) groups excluding carboxylic acids is 3. The van der Waals surface area contributed by atoms with Crippen LogP contribution in [0, 0.1) is 11.7 Å². The fourth-order valence-electron chi connectivity index (χ4n) is 4.50. The van der Waals surface area contributed by atoms with E-state index < -0.39 is 41.7 Å². The monoisotopic (exact) mass is 585 g/mol. The SMILES string of the molecule is COc1ccnc(C(=O)C[C@@H](C)C(=O)O[C@@H](C)[C@H](Oc2cccc(F)c2)c2cccc(-c3ccccc3)c2)c1OC(C)=O. The van der Waals surface area contributed by atoms with Gasteiger partial charge in [0, 0.05) is 31.7 Å². The molecule has 4 aromatic rings. The van der Waals surface area contributed by atoms with Crippen LogP contribution in [-0.2, 0) is 14.3 Å². The lowest BCUT2D eigenvalue weighted by molar-refractivity contribution is -0.157. The van der Waals surface area contributed by atoms with E-state index >= 15 is 0 Å². The molecule has 222 valence electrons. The summed E-state index contributed by atoms with van der Waals surface area (Å²) in [5, 5.41) is 0. The van der Waals surface area contributed by atoms with Gasteiger partial charge in [0.15, 0.2) is 23.3 Å². The summed E-state index contributed by atoms with van der Waals surface area (Å²) in [5.41, 5.74) is 2.50. The van der Waals surface area contributed by atoms with Gasteiger partial charge in [-0.15, -0.1) is 0 Å². The fraction of sp³-hybridized carbons (Fsp3) is 0.235. The van der Waals surface area contributed by atoms with Crippen LogP contribution in [0.2, 0.25) is 0 Å². The molecule has 0 aliphatic heterocycles. The van der Waals surface area contributed by atoms with Crippen molar-refractivity contribution in [2.45, 2.75) is 39.4 Å². The zero-order valence-electron chi connectivity index (χ0n) is 24.3. The molecule has 1 aromatic heterocycles. The minimum Gasteiger partial charge on any atom is -0.493 e. The Morgan fingerprint density at radius 3 is 2.30 bits per heavy atom. The van der Waals surface area contributed by atoms with E-state index in [4.69, 9.17) is 18.9 Å². The number of Topliss-reactive ketones (excluding diaryl/α,β-unsaturated/α-hetero) is 1. The minimum absolute atomic E-state index is 0.113. The van der Waals surface area contributed by atoms with Gasteiger partial charge in [-0.05, 0) is 41.8 Å². The van der Waals surface area contributed by atoms with Crippen LogP contribution in [0.1, 0.15) is 49.3 Å². The number of carbonyl (C=O) groups is 3. The van der Waals surface area contributed by atoms with E-state index in [2.05, 4.69) is 4.98 Å². The molecule has 4 rings (SSSR count). The number of nitrogens with zero attached hydrogens (tertiary/aromatic N) is 1. The second-order valence-electron chi connectivity index (χ2n) is 9.94. The maximum absolute atomic E-state index is 14.0. The highest BCUT2D eigenvalue weighted by Gasteiger charge is 2.30. The van der Waals surface area contributed by atoms with Gasteiger partial charge in [-0.2, -0.15) is 0 Å². The molecule has 0 amide bonds. The number of ketones is 1. The molecule has 0 radical (unpaired) electrons. The normalized spacial score (nSPS) is 12.9. The smallest absolute Gasteiger partial charge is 0.309 e. The Balaban J connectivity index is 1.55. The third-order valence-corrected chi connectivity index (χ3v) is 6.60. The zero-order valence-corrected chi connectivity index (χ0v) is 24.3. The van der Waals surface area contributed by atoms with Crippen molar-refractivity contribution in [1.29, 1.82) is 0 Å². The molecule has 0 unspecified atom stereocenters. The third-order valence-electron chi connectivity index (χ3n) is 6.60. The fourth-order valence-corrected chi connectivity index (χ4v) is 4.50. The molecule has 8 nitrogen and oxygen atoms in total. The summed E-state index contributed by atoms with van der Waals surface area (Å²) < 4.78 is 36.4. The number of pyridine rings is 1. The average Bonchev–Trinajstić information content (AvgIpc) is 3.00. The van der Waals surface area contributed by atoms with Gasteiger partial charge in [0.1, 0.15) is 17.7 Å². The average molecular weight is 586 g/mol. The van der Waals surface area contributed by atoms with Gasteiger partial charge in [-0.1, -0.05) is 61.5 Å². The molecule has 9 heteroatoms. The summed E-state index contributed by atoms with van der Waals surface area (Å²) >= 11 is 0. The van der Waals surface area contributed by atoms with Crippen LogP contribution in [0.3, 0.4) is 0 Å². The van der Waals surface area contributed by atoms with Crippen molar-refractivity contribution in [2.24, 2.45) is 5.92 Å². The van der Waals surface area contributed by atoms with Crippen LogP contribution in [0.5, 0.6) is 17.2 Å². The Bertz CT molecular complexity index is 1590. The molecule has 0 bridgehead atoms. The highest BCUT2D eigenvalue weighted by Crippen LogP contribution is 2.33. The molecule has 0 saturated carbocycles. The first-order valence-electron chi connectivity index (χ1n) is 13.7. The van der Waals surface area contributed by atoms with E-state index in [-0.39, 0.29) is 29.4 Å². The Labute approximate surface area is 249 Å². The van der Waals surface area contributed by atoms with E-state index in [1.165, 1.54) is 44.5 Å². The van der Waals surface area contributed by atoms with Gasteiger partial charge in [0.05, 0.1) is 13.0 Å². The maximum Gasteiger partial charge on any atom is 0.309 e. The number of halogens is 1. The Hall–Kier alpha value is -5.05. The molecule has 0 aliphatic carbocycles. The van der Waals surface area contributed by atoms with Gasteiger partial charge in [-0.3, -0.25) is 14.4 Å². The lowest BCUT2D eigenvalue weighted by Crippen LogP contribution is -2.30. The number of aromatic nitrogens is 1. The number of benzene rings is 3. The van der Waals surface area contributed by atoms with Crippen LogP contribution >= 0.6 is 0 Å². The second kappa shape index (κ2) is 14.2. The first kappa shape index (κ1) is 30.9. The summed E-state index contributed by atoms with van der Waals surface area (Å²) in [7, 11) is 1.37. The van der Waals surface area contributed by atoms with Crippen molar-refractivity contribution in [2.75, 3.05) is 7.11 Å². The van der Waals surface area contributed by atoms with Crippen molar-refractivity contribution < 1.29 is 37.7 Å². The summed E-state index contributed by atoms with van der Waals surface area (Å²) in [6.45, 7) is 4.42. The van der Waals surface area contributed by atoms with Gasteiger partial charge >= 0.3 is 11.9 Å². The molecular formula is C34H32FNO7. The van der Waals surface area contributed by atoms with Crippen molar-refractivity contribution >= 4 is 17.7 Å². The highest BCUT2D eigenvalue weighted by molar-refractivity contribution is 6.00. The van der Waals surface area contributed by atoms with E-state index in [0.29, 0.717) is 5.56 Å². The van der Waals surface area contributed by atoms with Gasteiger partial charge in [0.2, 0.25) is 5.75 Å². The van der Waals surface area contributed by atoms with Crippen molar-refractivity contribution in [3.05, 3.63) is 108 Å². The molecule has 0 spiro atoms. The van der Waals surface area contributed by atoms with Crippen LogP contribution in [0.4, 0.5) is 4.39 Å². The Morgan fingerprint density at radius 1 is 0.884 bits per heavy atom. The number of hydrogen-bond donors (Lipinski definition) is 0. The summed E-state index contributed by atoms with van der Waals surface area (Å²) in [4.78, 5) is 42.0. The lowest BCUT2D eigenvalue weighted by Gasteiger charge is -2.27. The molecule has 1 heterocycles. The largest absolute Gasteiger partial charge is 0.493 e. The Kier molecular flexibility index (Phi) is 10.2. The number of esters is 2. The molecule has 43 heavy (non-hydrogen) atoms. The zero-order chi connectivity index (χ0) is 30.9. The lowest BCUT2D eigenvalue weighted by atomic mass is 9.98. The molecular weight excluding hydrogens is 553 g/mol. The van der Waals surface area contributed by atoms with Crippen LogP contribution in [0.25, 0.3) is 11.1 Å². The van der Waals surface area contributed by atoms with Crippen molar-refractivity contribution in [3.8, 4) is 28.4 Å². The first-order chi connectivity index (χ1) is 20.7. The Morgan fingerprint density at radius 2 is 1.60 bits per heavy atom. The molecule has 0 saturated heterocycles. The predicted octanol–water partition coefficient (Wildman–Crippen LogP) is 6.78. The number of ether oxygens (including phenoxy) is 4. The summed E-state index contributed by atoms with van der Waals surface area (Å²) in [6.07, 6.45) is -0.542. The number of methoxy groups -OCH3 is 1. The van der Waals surface area contributed by atoms with E-state index in [1.807, 2.05) is 54.6 Å². The van der Waals surface area contributed by atoms with E-state index in [9.17, 15) is 18.8 Å². The summed E-state index contributed by atoms with van der Waals surface area (Å²) in [5.74, 6) is -2.86. The van der Waals surface area contributed by atoms with Gasteiger partial charge in [-0.25, -0.2) is 9.37 Å². The molecule has 3 atom stereocenters. The molecule has 0 aliphatic rings.